The number of carbonyl (C=O) groups is 1. The molecule has 0 saturated heterocycles. The minimum Gasteiger partial charge on any atom is -0.327 e. The number of H-pyrrole nitrogens is 1. The van der Waals surface area contributed by atoms with Crippen molar-refractivity contribution in [2.45, 2.75) is 25.2 Å². The quantitative estimate of drug-likeness (QED) is 0.722. The molecule has 0 bridgehead atoms. The zero-order valence-corrected chi connectivity index (χ0v) is 16.3. The fraction of sp³-hybridized carbons (Fsp3) is 0.250. The third-order valence-corrected chi connectivity index (χ3v) is 6.37. The van der Waals surface area contributed by atoms with Crippen molar-refractivity contribution in [3.8, 4) is 0 Å². The van der Waals surface area contributed by atoms with Gasteiger partial charge in [-0.05, 0) is 36.8 Å². The highest BCUT2D eigenvalue weighted by Gasteiger charge is 2.26. The molecule has 1 atom stereocenters. The molecule has 0 saturated carbocycles. The first-order chi connectivity index (χ1) is 13.0. The van der Waals surface area contributed by atoms with E-state index in [1.807, 2.05) is 6.07 Å². The van der Waals surface area contributed by atoms with Crippen LogP contribution in [0.5, 0.6) is 0 Å². The fourth-order valence-corrected chi connectivity index (χ4v) is 4.69. The molecular weight excluding hydrogens is 382 g/mol. The van der Waals surface area contributed by atoms with E-state index in [-0.39, 0.29) is 10.9 Å². The van der Waals surface area contributed by atoms with Crippen LogP contribution in [0.4, 0.5) is 5.13 Å². The monoisotopic (exact) mass is 399 g/mol. The minimum absolute atomic E-state index is 0.00149. The molecule has 2 aromatic heterocycles. The van der Waals surface area contributed by atoms with Crippen LogP contribution >= 0.6 is 22.9 Å². The van der Waals surface area contributed by atoms with E-state index in [0.717, 1.165) is 25.0 Å². The lowest BCUT2D eigenvalue weighted by atomic mass is 9.85. The molecule has 1 aromatic carbocycles. The molecule has 3 aromatic rings. The largest absolute Gasteiger partial charge is 0.327 e. The summed E-state index contributed by atoms with van der Waals surface area (Å²) in [5.74, 6) is 0.241. The zero-order valence-electron chi connectivity index (χ0n) is 14.7. The lowest BCUT2D eigenvalue weighted by molar-refractivity contribution is 0.0992. The van der Waals surface area contributed by atoms with Gasteiger partial charge >= 0.3 is 0 Å². The highest BCUT2D eigenvalue weighted by molar-refractivity contribution is 7.16. The molecule has 138 valence electrons. The van der Waals surface area contributed by atoms with Crippen molar-refractivity contribution in [2.75, 3.05) is 11.9 Å². The maximum absolute atomic E-state index is 12.7. The molecule has 4 rings (SSSR count). The Morgan fingerprint density at radius 2 is 2.11 bits per heavy atom. The Bertz CT molecular complexity index is 1040. The van der Waals surface area contributed by atoms with Gasteiger partial charge in [0, 0.05) is 18.1 Å². The number of nitrogens with one attached hydrogen (secondary N) is 1. The Morgan fingerprint density at radius 1 is 1.33 bits per heavy atom. The molecule has 0 unspecified atom stereocenters. The molecule has 0 fully saturated rings. The van der Waals surface area contributed by atoms with E-state index in [1.54, 1.807) is 18.4 Å². The number of carbonyl (C=O) groups excluding carboxylic acids is 1. The summed E-state index contributed by atoms with van der Waals surface area (Å²) in [6, 6.07) is 11.9. The summed E-state index contributed by atoms with van der Waals surface area (Å²) >= 11 is 7.40. The van der Waals surface area contributed by atoms with Crippen LogP contribution in [0.3, 0.4) is 0 Å². The molecule has 1 aliphatic carbocycles. The third kappa shape index (κ3) is 3.55. The van der Waals surface area contributed by atoms with Crippen molar-refractivity contribution in [2.24, 2.45) is 0 Å². The van der Waals surface area contributed by atoms with Crippen LogP contribution in [0.15, 0.2) is 47.4 Å². The number of aromatic nitrogens is 2. The lowest BCUT2D eigenvalue weighted by Gasteiger charge is -2.21. The van der Waals surface area contributed by atoms with Gasteiger partial charge in [-0.15, -0.1) is 11.3 Å². The van der Waals surface area contributed by atoms with Gasteiger partial charge in [0.2, 0.25) is 0 Å². The topological polar surface area (TPSA) is 66.1 Å². The summed E-state index contributed by atoms with van der Waals surface area (Å²) in [6.45, 7) is 0. The second kappa shape index (κ2) is 7.29. The predicted octanol–water partition coefficient (Wildman–Crippen LogP) is 4.03. The van der Waals surface area contributed by atoms with E-state index in [0.29, 0.717) is 16.6 Å². The highest BCUT2D eigenvalue weighted by Crippen LogP contribution is 2.38. The molecule has 27 heavy (non-hydrogen) atoms. The van der Waals surface area contributed by atoms with Crippen molar-refractivity contribution < 1.29 is 4.79 Å². The molecule has 0 radical (unpaired) electrons. The van der Waals surface area contributed by atoms with Gasteiger partial charge in [-0.3, -0.25) is 14.5 Å². The molecule has 1 amide bonds. The normalized spacial score (nSPS) is 16.0. The Morgan fingerprint density at radius 3 is 2.85 bits per heavy atom. The molecular formula is C20H18ClN3O2S. The minimum atomic E-state index is -0.410. The van der Waals surface area contributed by atoms with Gasteiger partial charge in [-0.2, -0.15) is 0 Å². The Balaban J connectivity index is 1.56. The van der Waals surface area contributed by atoms with E-state index >= 15 is 0 Å². The number of amides is 1. The summed E-state index contributed by atoms with van der Waals surface area (Å²) in [4.78, 5) is 34.0. The number of hydrogen-bond acceptors (Lipinski definition) is 4. The Hall–Kier alpha value is -2.44. The number of nitrogens with zero attached hydrogens (tertiary/aromatic N) is 2. The van der Waals surface area contributed by atoms with Crippen molar-refractivity contribution in [1.29, 1.82) is 0 Å². The standard InChI is InChI=1S/C20H18ClN3O2S/c1-24(19(26)14-9-15(21)18(25)22-11-14)20-23-16-8-7-13(10-17(16)27-20)12-5-3-2-4-6-12/h2-6,9,11,13H,7-8,10H2,1H3,(H,22,25)/t13-/m1/s1. The number of thiazole rings is 1. The summed E-state index contributed by atoms with van der Waals surface area (Å²) in [5, 5.41) is 0.666. The number of halogens is 1. The smallest absolute Gasteiger partial charge is 0.266 e. The maximum atomic E-state index is 12.7. The summed E-state index contributed by atoms with van der Waals surface area (Å²) in [5.41, 5.74) is 2.36. The number of fused-ring (bicyclic) bond motifs is 1. The van der Waals surface area contributed by atoms with Gasteiger partial charge in [0.1, 0.15) is 5.02 Å². The van der Waals surface area contributed by atoms with Crippen LogP contribution < -0.4 is 10.5 Å². The van der Waals surface area contributed by atoms with Gasteiger partial charge < -0.3 is 4.98 Å². The van der Waals surface area contributed by atoms with Gasteiger partial charge in [0.05, 0.1) is 11.3 Å². The number of rotatable bonds is 3. The Kier molecular flexibility index (Phi) is 4.85. The van der Waals surface area contributed by atoms with E-state index < -0.39 is 5.56 Å². The number of aryl methyl sites for hydroxylation is 1. The van der Waals surface area contributed by atoms with Crippen LogP contribution in [-0.2, 0) is 12.8 Å². The highest BCUT2D eigenvalue weighted by atomic mass is 35.5. The number of benzene rings is 1. The van der Waals surface area contributed by atoms with E-state index in [2.05, 4.69) is 34.2 Å². The summed E-state index contributed by atoms with van der Waals surface area (Å²) in [7, 11) is 1.69. The molecule has 1 N–H and O–H groups in total. The molecule has 2 heterocycles. The molecule has 0 aliphatic heterocycles. The maximum Gasteiger partial charge on any atom is 0.266 e. The lowest BCUT2D eigenvalue weighted by Crippen LogP contribution is -2.27. The number of aromatic amines is 1. The third-order valence-electron chi connectivity index (χ3n) is 4.90. The summed E-state index contributed by atoms with van der Waals surface area (Å²) < 4.78 is 0. The van der Waals surface area contributed by atoms with E-state index in [9.17, 15) is 9.59 Å². The van der Waals surface area contributed by atoms with Gasteiger partial charge in [0.25, 0.3) is 11.5 Å². The van der Waals surface area contributed by atoms with E-state index in [4.69, 9.17) is 11.6 Å². The van der Waals surface area contributed by atoms with Crippen LogP contribution in [0, 0.1) is 0 Å². The second-order valence-corrected chi connectivity index (χ2v) is 8.12. The Labute approximate surface area is 165 Å². The van der Waals surface area contributed by atoms with Gasteiger partial charge in [0.15, 0.2) is 5.13 Å². The average Bonchev–Trinajstić information content (AvgIpc) is 3.13. The van der Waals surface area contributed by atoms with Crippen LogP contribution in [0.1, 0.15) is 38.8 Å². The fourth-order valence-electron chi connectivity index (χ4n) is 3.37. The number of hydrogen-bond donors (Lipinski definition) is 1. The number of anilines is 1. The van der Waals surface area contributed by atoms with Gasteiger partial charge in [-0.1, -0.05) is 41.9 Å². The predicted molar refractivity (Wildman–Crippen MR) is 108 cm³/mol. The zero-order chi connectivity index (χ0) is 19.0. The second-order valence-electron chi connectivity index (χ2n) is 6.65. The first kappa shape index (κ1) is 17.9. The van der Waals surface area contributed by atoms with Crippen LogP contribution in [0.25, 0.3) is 0 Å². The van der Waals surface area contributed by atoms with Crippen molar-refractivity contribution in [1.82, 2.24) is 9.97 Å². The van der Waals surface area contributed by atoms with Crippen molar-refractivity contribution in [3.05, 3.63) is 79.7 Å². The molecule has 7 heteroatoms. The van der Waals surface area contributed by atoms with Crippen molar-refractivity contribution >= 4 is 34.0 Å². The molecule has 1 aliphatic rings. The van der Waals surface area contributed by atoms with Crippen LogP contribution in [0.2, 0.25) is 5.02 Å². The SMILES string of the molecule is CN(C(=O)c1c[nH]c(=O)c(Cl)c1)c1nc2c(s1)C[C@H](c1ccccc1)CC2. The molecule has 0 spiro atoms. The van der Waals surface area contributed by atoms with Crippen LogP contribution in [-0.4, -0.2) is 22.9 Å². The van der Waals surface area contributed by atoms with E-state index in [1.165, 1.54) is 27.6 Å². The number of pyridine rings is 1. The summed E-state index contributed by atoms with van der Waals surface area (Å²) in [6.07, 6.45) is 4.31. The molecule has 5 nitrogen and oxygen atoms in total. The average molecular weight is 400 g/mol. The first-order valence-electron chi connectivity index (χ1n) is 8.72. The first-order valence-corrected chi connectivity index (χ1v) is 9.92. The van der Waals surface area contributed by atoms with Gasteiger partial charge in [-0.25, -0.2) is 4.98 Å². The van der Waals surface area contributed by atoms with Crippen molar-refractivity contribution in [3.63, 3.8) is 0 Å².